The average Bonchev–Trinajstić information content (AvgIpc) is 1.98. The van der Waals surface area contributed by atoms with Crippen molar-refractivity contribution in [2.45, 2.75) is 47.0 Å². The highest BCUT2D eigenvalue weighted by Gasteiger charge is 2.13. The Morgan fingerprint density at radius 2 is 1.82 bits per heavy atom. The van der Waals surface area contributed by atoms with Gasteiger partial charge < -0.3 is 5.41 Å². The predicted octanol–water partition coefficient (Wildman–Crippen LogP) is 3.49. The van der Waals surface area contributed by atoms with Crippen LogP contribution in [0.15, 0.2) is 0 Å². The van der Waals surface area contributed by atoms with Crippen molar-refractivity contribution in [3.05, 3.63) is 0 Å². The quantitative estimate of drug-likeness (QED) is 0.588. The summed E-state index contributed by atoms with van der Waals surface area (Å²) in [4.78, 5) is 0. The Balaban J connectivity index is 3.84. The minimum absolute atomic E-state index is 0.734. The van der Waals surface area contributed by atoms with Gasteiger partial charge in [0.2, 0.25) is 0 Å². The maximum atomic E-state index is 7.40. The van der Waals surface area contributed by atoms with Gasteiger partial charge in [0.05, 0.1) is 0 Å². The van der Waals surface area contributed by atoms with E-state index in [-0.39, 0.29) is 0 Å². The number of hydrogen-bond acceptors (Lipinski definition) is 1. The molecule has 0 aromatic heterocycles. The van der Waals surface area contributed by atoms with E-state index >= 15 is 0 Å². The number of nitrogens with one attached hydrogen (secondary N) is 1. The third-order valence-electron chi connectivity index (χ3n) is 2.54. The standard InChI is InChI=1S/C10H21N/c1-5-8(3)10(6-2)7-9(4)11/h8,10-11H,5-7H2,1-4H3. The minimum atomic E-state index is 0.734. The first-order chi connectivity index (χ1) is 5.11. The Morgan fingerprint density at radius 1 is 1.27 bits per heavy atom. The van der Waals surface area contributed by atoms with Crippen LogP contribution in [0.2, 0.25) is 0 Å². The number of rotatable bonds is 5. The molecule has 0 radical (unpaired) electrons. The average molecular weight is 155 g/mol. The van der Waals surface area contributed by atoms with Crippen LogP contribution in [0.5, 0.6) is 0 Å². The molecule has 2 unspecified atom stereocenters. The first kappa shape index (κ1) is 10.7. The molecule has 0 fully saturated rings. The zero-order chi connectivity index (χ0) is 8.85. The van der Waals surface area contributed by atoms with Crippen molar-refractivity contribution < 1.29 is 0 Å². The van der Waals surface area contributed by atoms with E-state index < -0.39 is 0 Å². The summed E-state index contributed by atoms with van der Waals surface area (Å²) < 4.78 is 0. The van der Waals surface area contributed by atoms with Crippen LogP contribution in [-0.2, 0) is 0 Å². The van der Waals surface area contributed by atoms with Gasteiger partial charge in [-0.25, -0.2) is 0 Å². The summed E-state index contributed by atoms with van der Waals surface area (Å²) >= 11 is 0. The monoisotopic (exact) mass is 155 g/mol. The van der Waals surface area contributed by atoms with Gasteiger partial charge in [-0.1, -0.05) is 33.6 Å². The van der Waals surface area contributed by atoms with Crippen molar-refractivity contribution in [1.82, 2.24) is 0 Å². The molecule has 0 saturated heterocycles. The van der Waals surface area contributed by atoms with E-state index in [0.717, 1.165) is 24.0 Å². The molecule has 11 heavy (non-hydrogen) atoms. The van der Waals surface area contributed by atoms with E-state index in [1.807, 2.05) is 6.92 Å². The summed E-state index contributed by atoms with van der Waals surface area (Å²) in [6.45, 7) is 8.65. The first-order valence-corrected chi connectivity index (χ1v) is 4.65. The molecule has 0 aromatic rings. The fourth-order valence-corrected chi connectivity index (χ4v) is 1.47. The molecule has 0 amide bonds. The van der Waals surface area contributed by atoms with Gasteiger partial charge in [0.1, 0.15) is 0 Å². The summed E-state index contributed by atoms with van der Waals surface area (Å²) in [5.41, 5.74) is 0.831. The van der Waals surface area contributed by atoms with Gasteiger partial charge in [-0.15, -0.1) is 0 Å². The Bertz CT molecular complexity index is 118. The lowest BCUT2D eigenvalue weighted by atomic mass is 9.86. The molecule has 0 aliphatic carbocycles. The van der Waals surface area contributed by atoms with Crippen LogP contribution in [0.1, 0.15) is 47.0 Å². The van der Waals surface area contributed by atoms with Crippen molar-refractivity contribution in [3.63, 3.8) is 0 Å². The van der Waals surface area contributed by atoms with Gasteiger partial charge in [0.15, 0.2) is 0 Å². The SMILES string of the molecule is CCC(C)C(CC)CC(C)=N. The second-order valence-electron chi connectivity index (χ2n) is 3.54. The predicted molar refractivity (Wildman–Crippen MR) is 51.3 cm³/mol. The van der Waals surface area contributed by atoms with Gasteiger partial charge in [0.25, 0.3) is 0 Å². The topological polar surface area (TPSA) is 23.9 Å². The van der Waals surface area contributed by atoms with Crippen LogP contribution in [0, 0.1) is 17.2 Å². The highest BCUT2D eigenvalue weighted by molar-refractivity contribution is 5.78. The Hall–Kier alpha value is -0.330. The Kier molecular flexibility index (Phi) is 5.18. The van der Waals surface area contributed by atoms with Crippen molar-refractivity contribution in [3.8, 4) is 0 Å². The molecule has 0 aliphatic rings. The molecule has 0 bridgehead atoms. The largest absolute Gasteiger partial charge is 0.310 e. The van der Waals surface area contributed by atoms with E-state index in [4.69, 9.17) is 5.41 Å². The number of hydrogen-bond donors (Lipinski definition) is 1. The van der Waals surface area contributed by atoms with E-state index in [1.54, 1.807) is 0 Å². The molecular weight excluding hydrogens is 134 g/mol. The Morgan fingerprint density at radius 3 is 2.09 bits per heavy atom. The third kappa shape index (κ3) is 4.18. The molecule has 0 saturated carbocycles. The summed E-state index contributed by atoms with van der Waals surface area (Å²) in [5.74, 6) is 1.51. The van der Waals surface area contributed by atoms with E-state index in [2.05, 4.69) is 20.8 Å². The molecule has 0 heterocycles. The maximum absolute atomic E-state index is 7.40. The summed E-state index contributed by atoms with van der Waals surface area (Å²) in [6, 6.07) is 0. The van der Waals surface area contributed by atoms with E-state index in [1.165, 1.54) is 12.8 Å². The molecule has 0 spiro atoms. The molecule has 1 heteroatoms. The van der Waals surface area contributed by atoms with Crippen LogP contribution >= 0.6 is 0 Å². The summed E-state index contributed by atoms with van der Waals surface area (Å²) in [6.07, 6.45) is 3.45. The molecule has 0 aromatic carbocycles. The summed E-state index contributed by atoms with van der Waals surface area (Å²) in [5, 5.41) is 7.40. The fourth-order valence-electron chi connectivity index (χ4n) is 1.47. The summed E-state index contributed by atoms with van der Waals surface area (Å²) in [7, 11) is 0. The lowest BCUT2D eigenvalue weighted by Crippen LogP contribution is -2.13. The molecule has 1 nitrogen and oxygen atoms in total. The lowest BCUT2D eigenvalue weighted by molar-refractivity contribution is 0.347. The molecule has 1 N–H and O–H groups in total. The van der Waals surface area contributed by atoms with Crippen LogP contribution in [0.3, 0.4) is 0 Å². The van der Waals surface area contributed by atoms with Crippen molar-refractivity contribution >= 4 is 5.71 Å². The smallest absolute Gasteiger partial charge is 0.00610 e. The highest BCUT2D eigenvalue weighted by Crippen LogP contribution is 2.22. The van der Waals surface area contributed by atoms with Crippen molar-refractivity contribution in [2.24, 2.45) is 11.8 Å². The fraction of sp³-hybridized carbons (Fsp3) is 0.900. The lowest BCUT2D eigenvalue weighted by Gasteiger charge is -2.20. The normalized spacial score (nSPS) is 16.0. The molecular formula is C10H21N. The van der Waals surface area contributed by atoms with E-state index in [0.29, 0.717) is 0 Å². The second-order valence-corrected chi connectivity index (χ2v) is 3.54. The van der Waals surface area contributed by atoms with E-state index in [9.17, 15) is 0 Å². The molecule has 0 rings (SSSR count). The van der Waals surface area contributed by atoms with Crippen molar-refractivity contribution in [1.29, 1.82) is 5.41 Å². The van der Waals surface area contributed by atoms with Crippen molar-refractivity contribution in [2.75, 3.05) is 0 Å². The van der Waals surface area contributed by atoms with Gasteiger partial charge in [-0.2, -0.15) is 0 Å². The maximum Gasteiger partial charge on any atom is 0.00610 e. The van der Waals surface area contributed by atoms with Gasteiger partial charge >= 0.3 is 0 Å². The van der Waals surface area contributed by atoms with Crippen LogP contribution in [-0.4, -0.2) is 5.71 Å². The molecule has 0 aliphatic heterocycles. The Labute approximate surface area is 70.7 Å². The minimum Gasteiger partial charge on any atom is -0.310 e. The third-order valence-corrected chi connectivity index (χ3v) is 2.54. The van der Waals surface area contributed by atoms with Crippen LogP contribution in [0.25, 0.3) is 0 Å². The zero-order valence-corrected chi connectivity index (χ0v) is 8.28. The van der Waals surface area contributed by atoms with Gasteiger partial charge in [-0.05, 0) is 25.2 Å². The first-order valence-electron chi connectivity index (χ1n) is 4.65. The van der Waals surface area contributed by atoms with Crippen LogP contribution in [0.4, 0.5) is 0 Å². The zero-order valence-electron chi connectivity index (χ0n) is 8.28. The van der Waals surface area contributed by atoms with Gasteiger partial charge in [0, 0.05) is 5.71 Å². The molecule has 66 valence electrons. The van der Waals surface area contributed by atoms with Gasteiger partial charge in [-0.3, -0.25) is 0 Å². The second kappa shape index (κ2) is 5.34. The molecule has 2 atom stereocenters. The highest BCUT2D eigenvalue weighted by atomic mass is 14.4. The van der Waals surface area contributed by atoms with Crippen LogP contribution < -0.4 is 0 Å².